The van der Waals surface area contributed by atoms with Crippen LogP contribution in [0.1, 0.15) is 36.0 Å². The first-order valence-electron chi connectivity index (χ1n) is 10.0. The highest BCUT2D eigenvalue weighted by molar-refractivity contribution is 5.92. The Labute approximate surface area is 180 Å². The van der Waals surface area contributed by atoms with Gasteiger partial charge in [-0.3, -0.25) is 0 Å². The molecule has 1 heterocycles. The monoisotopic (exact) mass is 416 g/mol. The Hall–Kier alpha value is -3.71. The number of aromatic carboxylic acids is 1. The number of para-hydroxylation sites is 1. The summed E-state index contributed by atoms with van der Waals surface area (Å²) in [6.45, 7) is 1.86. The second-order valence-corrected chi connectivity index (χ2v) is 8.03. The summed E-state index contributed by atoms with van der Waals surface area (Å²) in [5.41, 5.74) is 14.3. The molecule has 31 heavy (non-hydrogen) atoms. The van der Waals surface area contributed by atoms with Crippen molar-refractivity contribution in [3.8, 4) is 22.6 Å². The van der Waals surface area contributed by atoms with Crippen LogP contribution in [-0.4, -0.2) is 21.3 Å². The summed E-state index contributed by atoms with van der Waals surface area (Å²) < 4.78 is 5.92. The summed E-state index contributed by atoms with van der Waals surface area (Å²) in [7, 11) is 0. The molecule has 0 saturated carbocycles. The van der Waals surface area contributed by atoms with Crippen LogP contribution < -0.4 is 11.5 Å². The SMILES string of the molecule is C[C@@](N)(CC1C=CC=CC1)c1nnc(-c2cc(C(=O)O)cc(-c3ccccc3N)c2)o1. The molecule has 1 aliphatic carbocycles. The third kappa shape index (κ3) is 4.41. The lowest BCUT2D eigenvalue weighted by Crippen LogP contribution is -2.35. The molecule has 0 amide bonds. The van der Waals surface area contributed by atoms with Crippen molar-refractivity contribution in [2.24, 2.45) is 11.7 Å². The summed E-state index contributed by atoms with van der Waals surface area (Å²) in [5, 5.41) is 17.9. The van der Waals surface area contributed by atoms with Gasteiger partial charge in [-0.15, -0.1) is 10.2 Å². The van der Waals surface area contributed by atoms with E-state index in [2.05, 4.69) is 22.3 Å². The number of rotatable bonds is 6. The van der Waals surface area contributed by atoms with E-state index < -0.39 is 11.5 Å². The van der Waals surface area contributed by atoms with Gasteiger partial charge in [-0.25, -0.2) is 4.79 Å². The molecule has 158 valence electrons. The Morgan fingerprint density at radius 2 is 1.97 bits per heavy atom. The second kappa shape index (κ2) is 8.20. The average molecular weight is 416 g/mol. The zero-order valence-corrected chi connectivity index (χ0v) is 17.2. The van der Waals surface area contributed by atoms with Crippen LogP contribution >= 0.6 is 0 Å². The molecule has 1 aliphatic rings. The maximum atomic E-state index is 11.7. The van der Waals surface area contributed by atoms with Crippen molar-refractivity contribution in [2.45, 2.75) is 25.3 Å². The molecule has 3 aromatic rings. The van der Waals surface area contributed by atoms with Crippen LogP contribution in [0.5, 0.6) is 0 Å². The molecule has 4 rings (SSSR count). The molecule has 0 spiro atoms. The number of carbonyl (C=O) groups is 1. The summed E-state index contributed by atoms with van der Waals surface area (Å²) in [6.07, 6.45) is 9.81. The minimum absolute atomic E-state index is 0.102. The average Bonchev–Trinajstić information content (AvgIpc) is 3.26. The fourth-order valence-electron chi connectivity index (χ4n) is 3.78. The lowest BCUT2D eigenvalue weighted by atomic mass is 9.86. The first-order valence-corrected chi connectivity index (χ1v) is 10.0. The van der Waals surface area contributed by atoms with Crippen molar-refractivity contribution < 1.29 is 14.3 Å². The third-order valence-corrected chi connectivity index (χ3v) is 5.37. The van der Waals surface area contributed by atoms with Crippen LogP contribution in [0, 0.1) is 5.92 Å². The molecule has 0 bridgehead atoms. The molecule has 0 fully saturated rings. The van der Waals surface area contributed by atoms with Crippen molar-refractivity contribution >= 4 is 11.7 Å². The number of nitrogen functional groups attached to an aromatic ring is 1. The number of benzene rings is 2. The molecule has 1 aromatic heterocycles. The summed E-state index contributed by atoms with van der Waals surface area (Å²) >= 11 is 0. The molecule has 0 radical (unpaired) electrons. The van der Waals surface area contributed by atoms with E-state index in [1.54, 1.807) is 18.2 Å². The Bertz CT molecular complexity index is 1180. The van der Waals surface area contributed by atoms with E-state index in [-0.39, 0.29) is 11.5 Å². The smallest absolute Gasteiger partial charge is 0.335 e. The molecule has 7 heteroatoms. The maximum absolute atomic E-state index is 11.7. The molecule has 2 atom stereocenters. The number of carboxylic acid groups (broad SMARTS) is 1. The van der Waals surface area contributed by atoms with E-state index in [4.69, 9.17) is 15.9 Å². The Balaban J connectivity index is 1.69. The standard InChI is InChI=1S/C24H24N4O3/c1-24(26,14-15-7-3-2-4-8-15)23-28-27-21(31-23)17-11-16(12-18(13-17)22(29)30)19-9-5-6-10-20(19)25/h2-7,9-13,15H,8,14,25-26H2,1H3,(H,29,30)/t15?,24-/m1/s1. The van der Waals surface area contributed by atoms with E-state index in [0.29, 0.717) is 35.0 Å². The summed E-state index contributed by atoms with van der Waals surface area (Å²) in [6, 6.07) is 12.1. The van der Waals surface area contributed by atoms with Gasteiger partial charge < -0.3 is 21.0 Å². The minimum atomic E-state index is -1.06. The number of nitrogens with two attached hydrogens (primary N) is 2. The van der Waals surface area contributed by atoms with Crippen molar-refractivity contribution in [1.82, 2.24) is 10.2 Å². The number of carboxylic acids is 1. The number of nitrogens with zero attached hydrogens (tertiary/aromatic N) is 2. The fourth-order valence-corrected chi connectivity index (χ4v) is 3.78. The van der Waals surface area contributed by atoms with Gasteiger partial charge in [-0.05, 0) is 55.5 Å². The molecule has 0 aliphatic heterocycles. The van der Waals surface area contributed by atoms with Crippen LogP contribution in [0.25, 0.3) is 22.6 Å². The molecule has 7 nitrogen and oxygen atoms in total. The predicted molar refractivity (Wildman–Crippen MR) is 119 cm³/mol. The fraction of sp³-hybridized carbons (Fsp3) is 0.208. The van der Waals surface area contributed by atoms with Gasteiger partial charge in [0, 0.05) is 16.8 Å². The Morgan fingerprint density at radius 3 is 2.68 bits per heavy atom. The predicted octanol–water partition coefficient (Wildman–Crippen LogP) is 4.38. The van der Waals surface area contributed by atoms with Crippen LogP contribution in [-0.2, 0) is 5.54 Å². The first kappa shape index (κ1) is 20.6. The van der Waals surface area contributed by atoms with Crippen LogP contribution in [0.4, 0.5) is 5.69 Å². The highest BCUT2D eigenvalue weighted by Gasteiger charge is 2.31. The van der Waals surface area contributed by atoms with Gasteiger partial charge in [0.15, 0.2) is 0 Å². The van der Waals surface area contributed by atoms with E-state index in [9.17, 15) is 9.90 Å². The largest absolute Gasteiger partial charge is 0.478 e. The van der Waals surface area contributed by atoms with Gasteiger partial charge in [-0.2, -0.15) is 0 Å². The van der Waals surface area contributed by atoms with Gasteiger partial charge in [-0.1, -0.05) is 42.5 Å². The molecule has 0 saturated heterocycles. The quantitative estimate of drug-likeness (QED) is 0.509. The highest BCUT2D eigenvalue weighted by Crippen LogP contribution is 2.33. The Kier molecular flexibility index (Phi) is 5.44. The second-order valence-electron chi connectivity index (χ2n) is 8.03. The van der Waals surface area contributed by atoms with Gasteiger partial charge >= 0.3 is 5.97 Å². The number of aromatic nitrogens is 2. The van der Waals surface area contributed by atoms with E-state index in [1.807, 2.05) is 37.3 Å². The van der Waals surface area contributed by atoms with Crippen molar-refractivity contribution in [3.63, 3.8) is 0 Å². The Morgan fingerprint density at radius 1 is 1.19 bits per heavy atom. The van der Waals surface area contributed by atoms with Gasteiger partial charge in [0.25, 0.3) is 0 Å². The van der Waals surface area contributed by atoms with Gasteiger partial charge in [0.2, 0.25) is 11.8 Å². The highest BCUT2D eigenvalue weighted by atomic mass is 16.4. The van der Waals surface area contributed by atoms with E-state index in [1.165, 1.54) is 6.07 Å². The number of anilines is 1. The number of hydrogen-bond donors (Lipinski definition) is 3. The van der Waals surface area contributed by atoms with Crippen molar-refractivity contribution in [3.05, 3.63) is 78.2 Å². The summed E-state index contributed by atoms with van der Waals surface area (Å²) in [4.78, 5) is 11.7. The minimum Gasteiger partial charge on any atom is -0.478 e. The van der Waals surface area contributed by atoms with Crippen molar-refractivity contribution in [2.75, 3.05) is 5.73 Å². The number of allylic oxidation sites excluding steroid dienone is 4. The molecule has 5 N–H and O–H groups in total. The van der Waals surface area contributed by atoms with E-state index in [0.717, 1.165) is 12.0 Å². The molecular formula is C24H24N4O3. The van der Waals surface area contributed by atoms with Gasteiger partial charge in [0.1, 0.15) is 0 Å². The van der Waals surface area contributed by atoms with Gasteiger partial charge in [0.05, 0.1) is 11.1 Å². The molecule has 2 aromatic carbocycles. The first-order chi connectivity index (χ1) is 14.8. The van der Waals surface area contributed by atoms with Crippen LogP contribution in [0.3, 0.4) is 0 Å². The lowest BCUT2D eigenvalue weighted by molar-refractivity contribution is 0.0697. The molecule has 1 unspecified atom stereocenters. The summed E-state index contributed by atoms with van der Waals surface area (Å²) in [5.74, 6) is -0.243. The lowest BCUT2D eigenvalue weighted by Gasteiger charge is -2.25. The topological polar surface area (TPSA) is 128 Å². The zero-order valence-electron chi connectivity index (χ0n) is 17.2. The molecular weight excluding hydrogens is 392 g/mol. The van der Waals surface area contributed by atoms with Crippen molar-refractivity contribution in [1.29, 1.82) is 0 Å². The van der Waals surface area contributed by atoms with E-state index >= 15 is 0 Å². The number of hydrogen-bond acceptors (Lipinski definition) is 6. The zero-order chi connectivity index (χ0) is 22.0. The van der Waals surface area contributed by atoms with Crippen LogP contribution in [0.2, 0.25) is 0 Å². The van der Waals surface area contributed by atoms with Crippen LogP contribution in [0.15, 0.2) is 71.2 Å². The third-order valence-electron chi connectivity index (χ3n) is 5.37. The maximum Gasteiger partial charge on any atom is 0.335 e. The normalized spacial score (nSPS) is 17.4.